The second-order valence-electron chi connectivity index (χ2n) is 7.90. The number of rotatable bonds is 4. The third-order valence-electron chi connectivity index (χ3n) is 5.24. The van der Waals surface area contributed by atoms with Gasteiger partial charge in [0.1, 0.15) is 6.61 Å². The first kappa shape index (κ1) is 30.8. The Morgan fingerprint density at radius 2 is 1.61 bits per heavy atom. The van der Waals surface area contributed by atoms with E-state index in [2.05, 4.69) is 15.0 Å². The Labute approximate surface area is 210 Å². The van der Waals surface area contributed by atoms with Gasteiger partial charge in [-0.2, -0.15) is 31.4 Å². The SMILES string of the molecule is Fc1cccnc1OCC1CN(C2CCOCC2)Cc2ccnn21.O=C(O)C(F)(F)F.O=C(O)C(F)(F)F. The summed E-state index contributed by atoms with van der Waals surface area (Å²) in [7, 11) is 0. The zero-order chi connectivity index (χ0) is 28.5. The predicted octanol–water partition coefficient (Wildman–Crippen LogP) is 3.30. The molecule has 10 nitrogen and oxygen atoms in total. The molecule has 2 aliphatic rings. The van der Waals surface area contributed by atoms with Gasteiger partial charge in [-0.1, -0.05) is 0 Å². The topological polar surface area (TPSA) is 127 Å². The first-order valence-electron chi connectivity index (χ1n) is 10.9. The lowest BCUT2D eigenvalue weighted by Crippen LogP contribution is -2.47. The lowest BCUT2D eigenvalue weighted by Gasteiger charge is -2.40. The van der Waals surface area contributed by atoms with Gasteiger partial charge in [-0.3, -0.25) is 9.58 Å². The highest BCUT2D eigenvalue weighted by Crippen LogP contribution is 2.26. The number of alkyl halides is 6. The lowest BCUT2D eigenvalue weighted by molar-refractivity contribution is -0.193. The molecular formula is C21H23F7N4O6. The third kappa shape index (κ3) is 9.44. The zero-order valence-electron chi connectivity index (χ0n) is 19.5. The van der Waals surface area contributed by atoms with E-state index in [9.17, 15) is 30.7 Å². The standard InChI is InChI=1S/C17H21FN4O2.2C2HF3O2/c18-16-2-1-6-19-17(16)24-12-15-11-21(13-4-8-23-9-5-13)10-14-3-7-20-22(14)15;2*3-2(4,5)1(6)7/h1-3,6-7,13,15H,4-5,8-12H2;2*(H,6,7). The summed E-state index contributed by atoms with van der Waals surface area (Å²) >= 11 is 0. The highest BCUT2D eigenvalue weighted by Gasteiger charge is 2.39. The molecule has 2 aromatic rings. The molecule has 0 radical (unpaired) electrons. The van der Waals surface area contributed by atoms with Gasteiger partial charge in [0.2, 0.25) is 5.88 Å². The number of nitrogens with zero attached hydrogens (tertiary/aromatic N) is 4. The number of hydrogen-bond donors (Lipinski definition) is 2. The Morgan fingerprint density at radius 1 is 1.03 bits per heavy atom. The van der Waals surface area contributed by atoms with Crippen molar-refractivity contribution in [2.45, 2.75) is 43.8 Å². The second kappa shape index (κ2) is 13.4. The van der Waals surface area contributed by atoms with Crippen molar-refractivity contribution in [1.82, 2.24) is 19.7 Å². The largest absolute Gasteiger partial charge is 0.490 e. The number of ether oxygens (including phenoxy) is 2. The number of hydrogen-bond acceptors (Lipinski definition) is 7. The van der Waals surface area contributed by atoms with Crippen LogP contribution in [0.15, 0.2) is 30.6 Å². The highest BCUT2D eigenvalue weighted by atomic mass is 19.4. The molecule has 1 unspecified atom stereocenters. The molecule has 0 aliphatic carbocycles. The summed E-state index contributed by atoms with van der Waals surface area (Å²) in [5, 5.41) is 18.7. The van der Waals surface area contributed by atoms with Gasteiger partial charge < -0.3 is 19.7 Å². The van der Waals surface area contributed by atoms with E-state index in [-0.39, 0.29) is 11.9 Å². The molecular weight excluding hydrogens is 537 g/mol. The van der Waals surface area contributed by atoms with E-state index in [4.69, 9.17) is 29.3 Å². The number of aliphatic carboxylic acids is 2. The fourth-order valence-corrected chi connectivity index (χ4v) is 3.52. The first-order chi connectivity index (χ1) is 17.7. The molecule has 17 heteroatoms. The van der Waals surface area contributed by atoms with E-state index in [0.717, 1.165) is 39.1 Å². The van der Waals surface area contributed by atoms with E-state index in [1.165, 1.54) is 18.0 Å². The van der Waals surface area contributed by atoms with Gasteiger partial charge in [0.25, 0.3) is 0 Å². The van der Waals surface area contributed by atoms with Gasteiger partial charge in [0.05, 0.1) is 11.7 Å². The molecule has 4 rings (SSSR count). The van der Waals surface area contributed by atoms with Crippen LogP contribution < -0.4 is 4.74 Å². The van der Waals surface area contributed by atoms with Crippen molar-refractivity contribution < 1.29 is 60.0 Å². The molecule has 1 atom stereocenters. The minimum Gasteiger partial charge on any atom is -0.475 e. The summed E-state index contributed by atoms with van der Waals surface area (Å²) in [6, 6.07) is 5.53. The Hall–Kier alpha value is -3.47. The maximum Gasteiger partial charge on any atom is 0.490 e. The molecule has 1 saturated heterocycles. The van der Waals surface area contributed by atoms with E-state index in [1.54, 1.807) is 6.07 Å². The molecule has 2 N–H and O–H groups in total. The van der Waals surface area contributed by atoms with Gasteiger partial charge in [-0.05, 0) is 31.0 Å². The van der Waals surface area contributed by atoms with Crippen LogP contribution in [0, 0.1) is 5.82 Å². The summed E-state index contributed by atoms with van der Waals surface area (Å²) in [6.07, 6.45) is -4.71. The van der Waals surface area contributed by atoms with Crippen LogP contribution in [0.25, 0.3) is 0 Å². The molecule has 2 aromatic heterocycles. The molecule has 38 heavy (non-hydrogen) atoms. The van der Waals surface area contributed by atoms with Crippen LogP contribution >= 0.6 is 0 Å². The summed E-state index contributed by atoms with van der Waals surface area (Å²) in [5.74, 6) is -5.90. The minimum atomic E-state index is -5.08. The van der Waals surface area contributed by atoms with Crippen LogP contribution in [0.5, 0.6) is 5.88 Å². The second-order valence-corrected chi connectivity index (χ2v) is 7.90. The smallest absolute Gasteiger partial charge is 0.475 e. The summed E-state index contributed by atoms with van der Waals surface area (Å²) < 4.78 is 90.3. The number of halogens is 7. The quantitative estimate of drug-likeness (QED) is 0.542. The van der Waals surface area contributed by atoms with Crippen LogP contribution in [0.2, 0.25) is 0 Å². The average molecular weight is 560 g/mol. The molecule has 1 fully saturated rings. The van der Waals surface area contributed by atoms with Crippen molar-refractivity contribution in [2.24, 2.45) is 0 Å². The molecule has 0 amide bonds. The van der Waals surface area contributed by atoms with Crippen LogP contribution in [0.1, 0.15) is 24.6 Å². The van der Waals surface area contributed by atoms with E-state index in [0.29, 0.717) is 12.6 Å². The number of carboxylic acids is 2. The molecule has 0 saturated carbocycles. The normalized spacial score (nSPS) is 18.2. The van der Waals surface area contributed by atoms with E-state index < -0.39 is 30.1 Å². The number of carboxylic acid groups (broad SMARTS) is 2. The predicted molar refractivity (Wildman–Crippen MR) is 113 cm³/mol. The van der Waals surface area contributed by atoms with Crippen molar-refractivity contribution >= 4 is 11.9 Å². The summed E-state index contributed by atoms with van der Waals surface area (Å²) in [5.41, 5.74) is 1.17. The van der Waals surface area contributed by atoms with Crippen LogP contribution in [-0.2, 0) is 20.9 Å². The Balaban J connectivity index is 0.000000301. The van der Waals surface area contributed by atoms with Crippen LogP contribution in [0.3, 0.4) is 0 Å². The lowest BCUT2D eigenvalue weighted by atomic mass is 10.0. The fraction of sp³-hybridized carbons (Fsp3) is 0.524. The number of pyridine rings is 1. The van der Waals surface area contributed by atoms with E-state index >= 15 is 0 Å². The van der Waals surface area contributed by atoms with Gasteiger partial charge in [-0.25, -0.2) is 19.0 Å². The van der Waals surface area contributed by atoms with Crippen molar-refractivity contribution in [1.29, 1.82) is 0 Å². The Bertz CT molecular complexity index is 1030. The molecule has 2 aliphatic heterocycles. The minimum absolute atomic E-state index is 0.0491. The van der Waals surface area contributed by atoms with Crippen LogP contribution in [0.4, 0.5) is 30.7 Å². The third-order valence-corrected chi connectivity index (χ3v) is 5.24. The molecule has 0 spiro atoms. The maximum absolute atomic E-state index is 13.7. The van der Waals surface area contributed by atoms with Crippen LogP contribution in [-0.4, -0.2) is 86.6 Å². The summed E-state index contributed by atoms with van der Waals surface area (Å²) in [4.78, 5) is 24.2. The van der Waals surface area contributed by atoms with Gasteiger partial charge >= 0.3 is 24.3 Å². The van der Waals surface area contributed by atoms with Gasteiger partial charge in [0, 0.05) is 44.7 Å². The number of carbonyl (C=O) groups is 2. The van der Waals surface area contributed by atoms with Crippen molar-refractivity contribution in [3.05, 3.63) is 42.1 Å². The number of fused-ring (bicyclic) bond motifs is 1. The van der Waals surface area contributed by atoms with E-state index in [1.807, 2.05) is 16.9 Å². The Kier molecular flexibility index (Phi) is 10.8. The molecule has 4 heterocycles. The monoisotopic (exact) mass is 560 g/mol. The molecule has 0 bridgehead atoms. The average Bonchev–Trinajstić information content (AvgIpc) is 3.32. The molecule has 212 valence electrons. The zero-order valence-corrected chi connectivity index (χ0v) is 19.5. The maximum atomic E-state index is 13.7. The van der Waals surface area contributed by atoms with Crippen molar-refractivity contribution in [3.8, 4) is 5.88 Å². The fourth-order valence-electron chi connectivity index (χ4n) is 3.52. The Morgan fingerprint density at radius 3 is 2.13 bits per heavy atom. The first-order valence-corrected chi connectivity index (χ1v) is 10.9. The highest BCUT2D eigenvalue weighted by molar-refractivity contribution is 5.73. The van der Waals surface area contributed by atoms with Crippen molar-refractivity contribution in [2.75, 3.05) is 26.4 Å². The van der Waals surface area contributed by atoms with Crippen molar-refractivity contribution in [3.63, 3.8) is 0 Å². The van der Waals surface area contributed by atoms with Gasteiger partial charge in [0.15, 0.2) is 5.82 Å². The summed E-state index contributed by atoms with van der Waals surface area (Å²) in [6.45, 7) is 3.72. The van der Waals surface area contributed by atoms with Gasteiger partial charge in [-0.15, -0.1) is 0 Å². The number of aromatic nitrogens is 3. The molecule has 0 aromatic carbocycles.